The maximum Gasteiger partial charge on any atom is 0.0411 e. The van der Waals surface area contributed by atoms with Crippen LogP contribution in [0.2, 0.25) is 0 Å². The van der Waals surface area contributed by atoms with Crippen LogP contribution in [0.1, 0.15) is 5.56 Å². The molecule has 0 nitrogen and oxygen atoms in total. The molecule has 0 saturated heterocycles. The first-order chi connectivity index (χ1) is 6.33. The summed E-state index contributed by atoms with van der Waals surface area (Å²) in [7, 11) is 0. The lowest BCUT2D eigenvalue weighted by Gasteiger charge is -1.91. The van der Waals surface area contributed by atoms with Crippen LogP contribution in [0.25, 0.3) is 6.08 Å². The van der Waals surface area contributed by atoms with E-state index in [1.807, 2.05) is 48.6 Å². The summed E-state index contributed by atoms with van der Waals surface area (Å²) in [5.74, 6) is 0. The quantitative estimate of drug-likeness (QED) is 0.632. The highest BCUT2D eigenvalue weighted by Gasteiger charge is 1.86. The van der Waals surface area contributed by atoms with Crippen LogP contribution in [0.3, 0.4) is 0 Å². The van der Waals surface area contributed by atoms with Gasteiger partial charge in [0.25, 0.3) is 0 Å². The maximum absolute atomic E-state index is 5.92. The van der Waals surface area contributed by atoms with E-state index in [2.05, 4.69) is 6.58 Å². The molecule has 0 aromatic heterocycles. The third-order valence-electron chi connectivity index (χ3n) is 1.50. The molecule has 0 aliphatic carbocycles. The van der Waals surface area contributed by atoms with E-state index in [9.17, 15) is 0 Å². The average molecular weight is 191 g/mol. The summed E-state index contributed by atoms with van der Waals surface area (Å²) in [5, 5.41) is 0.700. The summed E-state index contributed by atoms with van der Waals surface area (Å²) in [6, 6.07) is 9.94. The Hall–Kier alpha value is -1.27. The fraction of sp³-hybridized carbons (Fsp3) is 0. The lowest BCUT2D eigenvalue weighted by atomic mass is 10.2. The summed E-state index contributed by atoms with van der Waals surface area (Å²) < 4.78 is 0. The molecule has 0 aliphatic heterocycles. The van der Waals surface area contributed by atoms with Crippen molar-refractivity contribution in [1.29, 1.82) is 0 Å². The first-order valence-corrected chi connectivity index (χ1v) is 4.42. The summed E-state index contributed by atoms with van der Waals surface area (Å²) in [6.07, 6.45) is 7.21. The predicted octanol–water partition coefficient (Wildman–Crippen LogP) is 4.01. The number of benzene rings is 1. The Bertz CT molecular complexity index is 320. The van der Waals surface area contributed by atoms with Crippen LogP contribution >= 0.6 is 11.6 Å². The molecule has 0 radical (unpaired) electrons. The van der Waals surface area contributed by atoms with Crippen molar-refractivity contribution in [3.63, 3.8) is 0 Å². The van der Waals surface area contributed by atoms with Gasteiger partial charge in [-0.25, -0.2) is 0 Å². The summed E-state index contributed by atoms with van der Waals surface area (Å²) in [6.45, 7) is 3.57. The molecule has 0 aliphatic rings. The molecular formula is C12H11Cl. The Morgan fingerprint density at radius 2 is 1.92 bits per heavy atom. The molecule has 0 amide bonds. The first kappa shape index (κ1) is 9.82. The normalized spacial score (nSPS) is 11.9. The van der Waals surface area contributed by atoms with Crippen LogP contribution in [0.4, 0.5) is 0 Å². The van der Waals surface area contributed by atoms with Crippen molar-refractivity contribution in [3.8, 4) is 0 Å². The van der Waals surface area contributed by atoms with Crippen LogP contribution in [0.5, 0.6) is 0 Å². The third-order valence-corrected chi connectivity index (χ3v) is 1.73. The molecule has 0 fully saturated rings. The molecule has 0 atom stereocenters. The molecule has 1 heteroatoms. The first-order valence-electron chi connectivity index (χ1n) is 4.04. The molecule has 66 valence electrons. The molecule has 0 bridgehead atoms. The van der Waals surface area contributed by atoms with Gasteiger partial charge < -0.3 is 0 Å². The van der Waals surface area contributed by atoms with E-state index in [-0.39, 0.29) is 0 Å². The molecule has 1 aromatic carbocycles. The Labute approximate surface area is 83.9 Å². The fourth-order valence-corrected chi connectivity index (χ4v) is 1.12. The van der Waals surface area contributed by atoms with Gasteiger partial charge in [0, 0.05) is 5.03 Å². The molecule has 0 N–H and O–H groups in total. The van der Waals surface area contributed by atoms with E-state index >= 15 is 0 Å². The summed E-state index contributed by atoms with van der Waals surface area (Å²) in [5.41, 5.74) is 1.10. The van der Waals surface area contributed by atoms with Crippen molar-refractivity contribution in [2.45, 2.75) is 0 Å². The second-order valence-corrected chi connectivity index (χ2v) is 2.97. The predicted molar refractivity (Wildman–Crippen MR) is 59.6 cm³/mol. The molecule has 13 heavy (non-hydrogen) atoms. The van der Waals surface area contributed by atoms with Gasteiger partial charge in [-0.3, -0.25) is 0 Å². The Morgan fingerprint density at radius 1 is 1.23 bits per heavy atom. The van der Waals surface area contributed by atoms with Gasteiger partial charge in [0.15, 0.2) is 0 Å². The maximum atomic E-state index is 5.92. The van der Waals surface area contributed by atoms with Gasteiger partial charge in [-0.1, -0.05) is 60.7 Å². The third kappa shape index (κ3) is 3.77. The number of hydrogen-bond acceptors (Lipinski definition) is 0. The molecule has 1 aromatic rings. The Kier molecular flexibility index (Phi) is 4.07. The molecule has 0 heterocycles. The van der Waals surface area contributed by atoms with Crippen molar-refractivity contribution in [1.82, 2.24) is 0 Å². The molecular weight excluding hydrogens is 180 g/mol. The smallest absolute Gasteiger partial charge is 0.0411 e. The second-order valence-electron chi connectivity index (χ2n) is 2.53. The van der Waals surface area contributed by atoms with E-state index in [4.69, 9.17) is 11.6 Å². The van der Waals surface area contributed by atoms with Gasteiger partial charge in [-0.2, -0.15) is 0 Å². The minimum atomic E-state index is 0.700. The van der Waals surface area contributed by atoms with Crippen molar-refractivity contribution in [2.24, 2.45) is 0 Å². The Morgan fingerprint density at radius 3 is 2.54 bits per heavy atom. The number of rotatable bonds is 3. The minimum absolute atomic E-state index is 0.700. The topological polar surface area (TPSA) is 0 Å². The fourth-order valence-electron chi connectivity index (χ4n) is 0.917. The Balaban J connectivity index is 2.76. The van der Waals surface area contributed by atoms with Crippen LogP contribution in [0.15, 0.2) is 60.2 Å². The van der Waals surface area contributed by atoms with E-state index in [1.165, 1.54) is 0 Å². The zero-order valence-electron chi connectivity index (χ0n) is 7.28. The van der Waals surface area contributed by atoms with E-state index in [0.29, 0.717) is 5.03 Å². The van der Waals surface area contributed by atoms with Gasteiger partial charge in [0.05, 0.1) is 0 Å². The van der Waals surface area contributed by atoms with E-state index in [1.54, 1.807) is 6.08 Å². The van der Waals surface area contributed by atoms with Gasteiger partial charge in [0.1, 0.15) is 0 Å². The highest BCUT2D eigenvalue weighted by molar-refractivity contribution is 6.33. The van der Waals surface area contributed by atoms with Crippen molar-refractivity contribution in [2.75, 3.05) is 0 Å². The molecule has 0 saturated carbocycles. The van der Waals surface area contributed by atoms with Crippen LogP contribution in [0, 0.1) is 0 Å². The van der Waals surface area contributed by atoms with Gasteiger partial charge in [-0.15, -0.1) is 0 Å². The zero-order valence-corrected chi connectivity index (χ0v) is 8.04. The van der Waals surface area contributed by atoms with Gasteiger partial charge in [0.2, 0.25) is 0 Å². The number of halogens is 1. The van der Waals surface area contributed by atoms with Crippen molar-refractivity contribution < 1.29 is 0 Å². The van der Waals surface area contributed by atoms with Gasteiger partial charge in [-0.05, 0) is 17.7 Å². The molecule has 0 unspecified atom stereocenters. The van der Waals surface area contributed by atoms with E-state index < -0.39 is 0 Å². The highest BCUT2D eigenvalue weighted by atomic mass is 35.5. The monoisotopic (exact) mass is 190 g/mol. The van der Waals surface area contributed by atoms with Crippen LogP contribution in [-0.2, 0) is 0 Å². The highest BCUT2D eigenvalue weighted by Crippen LogP contribution is 2.10. The molecule has 1 rings (SSSR count). The van der Waals surface area contributed by atoms with Gasteiger partial charge >= 0.3 is 0 Å². The van der Waals surface area contributed by atoms with Crippen molar-refractivity contribution in [3.05, 3.63) is 65.7 Å². The number of hydrogen-bond donors (Lipinski definition) is 0. The summed E-state index contributed by atoms with van der Waals surface area (Å²) >= 11 is 5.92. The SMILES string of the molecule is C=CC=CC(Cl)=Cc1ccccc1. The summed E-state index contributed by atoms with van der Waals surface area (Å²) in [4.78, 5) is 0. The van der Waals surface area contributed by atoms with E-state index in [0.717, 1.165) is 5.56 Å². The lowest BCUT2D eigenvalue weighted by molar-refractivity contribution is 1.65. The second kappa shape index (κ2) is 5.39. The largest absolute Gasteiger partial charge is 0.0991 e. The standard InChI is InChI=1S/C12H11Cl/c1-2-3-9-12(13)10-11-7-5-4-6-8-11/h2-10H,1H2. The van der Waals surface area contributed by atoms with Crippen LogP contribution in [-0.4, -0.2) is 0 Å². The number of allylic oxidation sites excluding steroid dienone is 4. The minimum Gasteiger partial charge on any atom is -0.0991 e. The van der Waals surface area contributed by atoms with Crippen LogP contribution < -0.4 is 0 Å². The zero-order chi connectivity index (χ0) is 9.52. The van der Waals surface area contributed by atoms with Crippen molar-refractivity contribution >= 4 is 17.7 Å². The molecule has 0 spiro atoms. The lowest BCUT2D eigenvalue weighted by Crippen LogP contribution is -1.69. The average Bonchev–Trinajstić information content (AvgIpc) is 2.16.